The van der Waals surface area contributed by atoms with Crippen LogP contribution in [0.25, 0.3) is 0 Å². The number of ether oxygens (including phenoxy) is 3. The zero-order valence-electron chi connectivity index (χ0n) is 33.3. The van der Waals surface area contributed by atoms with E-state index >= 15 is 4.79 Å². The lowest BCUT2D eigenvalue weighted by Crippen LogP contribution is -2.54. The number of hydrogen-bond donors (Lipinski definition) is 1. The van der Waals surface area contributed by atoms with Crippen molar-refractivity contribution in [1.29, 1.82) is 0 Å². The fraction of sp³-hybridized carbons (Fsp3) is 0.378. The van der Waals surface area contributed by atoms with Gasteiger partial charge in [0.25, 0.3) is 5.91 Å². The fourth-order valence-electron chi connectivity index (χ4n) is 9.90. The first kappa shape index (κ1) is 39.8. The molecule has 4 aliphatic rings. The largest absolute Gasteiger partial charge is 0.497 e. The van der Waals surface area contributed by atoms with Gasteiger partial charge in [0.2, 0.25) is 11.8 Å². The number of carbonyl (C=O) groups excluding carboxylic acids is 4. The van der Waals surface area contributed by atoms with Gasteiger partial charge < -0.3 is 29.1 Å². The minimum absolute atomic E-state index is 0.0379. The Bertz CT molecular complexity index is 2270. The Hall–Kier alpha value is -5.01. The zero-order valence-corrected chi connectivity index (χ0v) is 35.1. The highest BCUT2D eigenvalue weighted by molar-refractivity contribution is 6.91. The van der Waals surface area contributed by atoms with Crippen LogP contribution in [-0.2, 0) is 53.8 Å². The van der Waals surface area contributed by atoms with Crippen molar-refractivity contribution >= 4 is 59.9 Å². The quantitative estimate of drug-likeness (QED) is 0.116. The summed E-state index contributed by atoms with van der Waals surface area (Å²) in [5.41, 5.74) is 3.32. The van der Waals surface area contributed by atoms with Gasteiger partial charge in [-0.25, -0.2) is 0 Å². The monoisotopic (exact) mass is 821 g/mol. The number of aliphatic hydroxyl groups is 1. The number of methoxy groups -OCH3 is 1. The number of β-lactam (4-membered cyclic amide) rings is 1. The highest BCUT2D eigenvalue weighted by Gasteiger charge is 2.66. The predicted molar refractivity (Wildman–Crippen MR) is 223 cm³/mol. The van der Waals surface area contributed by atoms with E-state index < -0.39 is 32.0 Å². The molecule has 11 nitrogen and oxygen atoms in total. The molecule has 0 aromatic heterocycles. The van der Waals surface area contributed by atoms with E-state index in [0.717, 1.165) is 27.6 Å². The molecule has 302 valence electrons. The topological polar surface area (TPSA) is 126 Å². The molecule has 58 heavy (non-hydrogen) atoms. The first-order valence-electron chi connectivity index (χ1n) is 19.8. The number of rotatable bonds is 10. The lowest BCUT2D eigenvalue weighted by atomic mass is 9.82. The Labute approximate surface area is 344 Å². The second-order valence-electron chi connectivity index (χ2n) is 16.4. The molecule has 0 saturated carbocycles. The van der Waals surface area contributed by atoms with E-state index in [1.165, 1.54) is 11.8 Å². The minimum Gasteiger partial charge on any atom is -0.497 e. The van der Waals surface area contributed by atoms with Crippen molar-refractivity contribution in [2.45, 2.75) is 88.8 Å². The number of esters is 1. The van der Waals surface area contributed by atoms with Gasteiger partial charge in [-0.05, 0) is 71.1 Å². The van der Waals surface area contributed by atoms with Crippen LogP contribution < -0.4 is 19.7 Å². The maximum absolute atomic E-state index is 15.3. The summed E-state index contributed by atoms with van der Waals surface area (Å²) >= 11 is 6.72. The third-order valence-corrected chi connectivity index (χ3v) is 17.4. The summed E-state index contributed by atoms with van der Waals surface area (Å²) in [5, 5.41) is 12.1. The van der Waals surface area contributed by atoms with Gasteiger partial charge in [-0.3, -0.25) is 24.1 Å². The minimum atomic E-state index is -2.57. The molecule has 1 N–H and O–H groups in total. The molecular formula is C45H48ClN3O8Si. The number of benzene rings is 4. The van der Waals surface area contributed by atoms with Crippen LogP contribution in [0.15, 0.2) is 91.0 Å². The summed E-state index contributed by atoms with van der Waals surface area (Å²) in [7, 11) is -0.930. The van der Waals surface area contributed by atoms with Crippen molar-refractivity contribution in [3.05, 3.63) is 118 Å². The van der Waals surface area contributed by atoms with Crippen molar-refractivity contribution < 1.29 is 38.5 Å². The molecule has 13 heteroatoms. The molecule has 2 fully saturated rings. The lowest BCUT2D eigenvalue weighted by Gasteiger charge is -2.39. The fourth-order valence-corrected chi connectivity index (χ4v) is 14.1. The molecule has 0 radical (unpaired) electrons. The van der Waals surface area contributed by atoms with E-state index in [4.69, 9.17) is 25.8 Å². The lowest BCUT2D eigenvalue weighted by molar-refractivity contribution is -0.154. The average molecular weight is 822 g/mol. The molecule has 3 amide bonds. The third-order valence-electron chi connectivity index (χ3n) is 12.8. The van der Waals surface area contributed by atoms with Crippen LogP contribution in [0.1, 0.15) is 48.9 Å². The Morgan fingerprint density at radius 1 is 0.966 bits per heavy atom. The Morgan fingerprint density at radius 2 is 1.67 bits per heavy atom. The molecule has 4 aliphatic heterocycles. The molecule has 0 bridgehead atoms. The Morgan fingerprint density at radius 3 is 2.33 bits per heavy atom. The molecule has 4 aromatic rings. The van der Waals surface area contributed by atoms with E-state index in [-0.39, 0.29) is 61.2 Å². The van der Waals surface area contributed by atoms with E-state index in [9.17, 15) is 19.5 Å². The van der Waals surface area contributed by atoms with Crippen molar-refractivity contribution in [2.75, 3.05) is 23.5 Å². The van der Waals surface area contributed by atoms with Crippen molar-refractivity contribution in [3.8, 4) is 5.75 Å². The number of fused-ring (bicyclic) bond motifs is 3. The number of carbonyl (C=O) groups is 4. The highest BCUT2D eigenvalue weighted by Crippen LogP contribution is 2.60. The Balaban J connectivity index is 1.14. The Kier molecular flexibility index (Phi) is 10.5. The summed E-state index contributed by atoms with van der Waals surface area (Å²) in [4.78, 5) is 58.9. The smallest absolute Gasteiger partial charge is 0.304 e. The summed E-state index contributed by atoms with van der Waals surface area (Å²) in [6.07, 6.45) is -0.551. The van der Waals surface area contributed by atoms with Gasteiger partial charge in [0.15, 0.2) is 11.8 Å². The van der Waals surface area contributed by atoms with Gasteiger partial charge in [0.05, 0.1) is 59.0 Å². The number of amides is 3. The van der Waals surface area contributed by atoms with Crippen LogP contribution in [0.4, 0.5) is 11.4 Å². The number of nitrogens with zero attached hydrogens (tertiary/aromatic N) is 3. The maximum atomic E-state index is 15.3. The van der Waals surface area contributed by atoms with Gasteiger partial charge in [0, 0.05) is 35.7 Å². The zero-order chi connectivity index (χ0) is 41.1. The molecule has 4 heterocycles. The molecule has 6 atom stereocenters. The summed E-state index contributed by atoms with van der Waals surface area (Å²) < 4.78 is 18.0. The second kappa shape index (κ2) is 15.3. The van der Waals surface area contributed by atoms with Gasteiger partial charge in [-0.1, -0.05) is 85.3 Å². The van der Waals surface area contributed by atoms with Crippen LogP contribution in [0, 0.1) is 5.92 Å². The summed E-state index contributed by atoms with van der Waals surface area (Å²) in [5.74, 6) is -0.580. The maximum Gasteiger partial charge on any atom is 0.304 e. The van der Waals surface area contributed by atoms with Crippen LogP contribution in [-0.4, -0.2) is 73.9 Å². The number of aliphatic hydroxyl groups excluding tert-OH is 1. The van der Waals surface area contributed by atoms with Crippen LogP contribution in [0.3, 0.4) is 0 Å². The van der Waals surface area contributed by atoms with Gasteiger partial charge in [0.1, 0.15) is 5.75 Å². The van der Waals surface area contributed by atoms with Gasteiger partial charge in [-0.2, -0.15) is 0 Å². The number of hydrogen-bond acceptors (Lipinski definition) is 8. The van der Waals surface area contributed by atoms with E-state index in [2.05, 4.69) is 32.2 Å². The number of halogens is 1. The van der Waals surface area contributed by atoms with Crippen molar-refractivity contribution in [3.63, 3.8) is 0 Å². The van der Waals surface area contributed by atoms with Crippen LogP contribution in [0.2, 0.25) is 23.7 Å². The standard InChI is InChI=1S/C45H48ClN3O8Si/c1-27-43(58(4,5)36-17-15-35(55-3)16-18-36)39(22-40(52)47-25-31-9-7-6-8-30(31)20-34(47)26-50)57-45(27)37-21-32(46)12-19-38(37)48(44(45)54)24-29-10-13-33(14-11-29)49-41(53)23-42(49)56-28(2)51/h6-19,21,27,34,39,42-43,50H,20,22-26H2,1-5H3/t27-,34-,39+,42?,43-,45+/m0/s1. The molecular weight excluding hydrogens is 774 g/mol. The van der Waals surface area contributed by atoms with E-state index in [1.54, 1.807) is 35.1 Å². The highest BCUT2D eigenvalue weighted by atomic mass is 35.5. The van der Waals surface area contributed by atoms with Crippen LogP contribution >= 0.6 is 11.6 Å². The second-order valence-corrected chi connectivity index (χ2v) is 21.6. The molecule has 8 rings (SSSR count). The van der Waals surface area contributed by atoms with Gasteiger partial charge >= 0.3 is 5.97 Å². The van der Waals surface area contributed by atoms with Gasteiger partial charge in [-0.15, -0.1) is 0 Å². The molecule has 1 unspecified atom stereocenters. The van der Waals surface area contributed by atoms with Crippen molar-refractivity contribution in [1.82, 2.24) is 4.90 Å². The normalized spacial score (nSPS) is 25.1. The first-order valence-corrected chi connectivity index (χ1v) is 23.2. The molecule has 1 spiro atoms. The molecule has 4 aromatic carbocycles. The molecule has 0 aliphatic carbocycles. The third kappa shape index (κ3) is 6.69. The summed E-state index contributed by atoms with van der Waals surface area (Å²) in [6, 6.07) is 28.5. The van der Waals surface area contributed by atoms with Crippen LogP contribution in [0.5, 0.6) is 5.75 Å². The SMILES string of the molecule is COc1ccc([Si](C)(C)[C@@H]2[C@@H](CC(=O)N3Cc4ccccc4C[C@H]3CO)O[C@]3(C(=O)N(Cc4ccc(N5C(=O)CC5OC(C)=O)cc4)c4ccc(Cl)cc43)[C@H]2C)cc1. The van der Waals surface area contributed by atoms with Crippen molar-refractivity contribution in [2.24, 2.45) is 5.92 Å². The average Bonchev–Trinajstić information content (AvgIpc) is 3.63. The number of anilines is 2. The van der Waals surface area contributed by atoms with E-state index in [1.807, 2.05) is 60.7 Å². The molecule has 2 saturated heterocycles. The van der Waals surface area contributed by atoms with E-state index in [0.29, 0.717) is 34.9 Å². The first-order chi connectivity index (χ1) is 27.8. The predicted octanol–water partition coefficient (Wildman–Crippen LogP) is 6.07. The summed E-state index contributed by atoms with van der Waals surface area (Å²) in [6.45, 7) is 8.37.